The maximum Gasteiger partial charge on any atom is 0.251 e. The first-order valence-electron chi connectivity index (χ1n) is 8.39. The molecule has 138 valence electrons. The molecule has 7 heteroatoms. The van der Waals surface area contributed by atoms with Crippen molar-refractivity contribution in [2.24, 2.45) is 0 Å². The molecule has 0 bridgehead atoms. The molecule has 0 saturated heterocycles. The lowest BCUT2D eigenvalue weighted by Gasteiger charge is -2.05. The van der Waals surface area contributed by atoms with Crippen LogP contribution in [0, 0.1) is 0 Å². The van der Waals surface area contributed by atoms with Crippen molar-refractivity contribution in [2.45, 2.75) is 11.3 Å². The van der Waals surface area contributed by atoms with Crippen LogP contribution in [0.3, 0.4) is 0 Å². The predicted molar refractivity (Wildman–Crippen MR) is 111 cm³/mol. The molecule has 0 aliphatic carbocycles. The first-order valence-corrected chi connectivity index (χ1v) is 10.5. The van der Waals surface area contributed by atoms with E-state index in [0.29, 0.717) is 10.7 Å². The molecular weight excluding hydrogens is 378 g/mol. The minimum Gasteiger partial charge on any atom is -0.352 e. The van der Waals surface area contributed by atoms with Crippen LogP contribution in [0.15, 0.2) is 64.9 Å². The van der Waals surface area contributed by atoms with Crippen molar-refractivity contribution < 1.29 is 9.59 Å². The van der Waals surface area contributed by atoms with E-state index in [9.17, 15) is 9.59 Å². The monoisotopic (exact) mass is 397 g/mol. The maximum absolute atomic E-state index is 12.1. The number of hydrogen-bond donors (Lipinski definition) is 2. The number of thioether (sulfide) groups is 1. The Balaban J connectivity index is 1.48. The first kappa shape index (κ1) is 19.1. The molecule has 5 nitrogen and oxygen atoms in total. The molecule has 0 unspecified atom stereocenters. The van der Waals surface area contributed by atoms with Crippen LogP contribution in [0.5, 0.6) is 0 Å². The summed E-state index contributed by atoms with van der Waals surface area (Å²) >= 11 is 3.07. The Labute approximate surface area is 166 Å². The summed E-state index contributed by atoms with van der Waals surface area (Å²) in [4.78, 5) is 29.7. The summed E-state index contributed by atoms with van der Waals surface area (Å²) in [6.45, 7) is 0.272. The van der Waals surface area contributed by atoms with E-state index in [1.54, 1.807) is 36.0 Å². The van der Waals surface area contributed by atoms with Crippen LogP contribution >= 0.6 is 23.1 Å². The average molecular weight is 398 g/mol. The van der Waals surface area contributed by atoms with Crippen LogP contribution in [0.4, 0.5) is 5.13 Å². The summed E-state index contributed by atoms with van der Waals surface area (Å²) in [5, 5.41) is 7.99. The highest BCUT2D eigenvalue weighted by Crippen LogP contribution is 2.26. The third-order valence-corrected chi connectivity index (χ3v) is 5.31. The molecule has 3 rings (SSSR count). The molecule has 0 aliphatic heterocycles. The van der Waals surface area contributed by atoms with Gasteiger partial charge in [0, 0.05) is 34.4 Å². The van der Waals surface area contributed by atoms with Gasteiger partial charge in [-0.25, -0.2) is 4.98 Å². The van der Waals surface area contributed by atoms with E-state index in [0.717, 1.165) is 11.3 Å². The molecule has 0 radical (unpaired) electrons. The molecule has 0 atom stereocenters. The van der Waals surface area contributed by atoms with E-state index in [2.05, 4.69) is 15.6 Å². The summed E-state index contributed by atoms with van der Waals surface area (Å²) < 4.78 is 0. The Hall–Kier alpha value is -2.64. The normalized spacial score (nSPS) is 10.4. The van der Waals surface area contributed by atoms with Gasteiger partial charge < -0.3 is 10.6 Å². The number of nitrogens with zero attached hydrogens (tertiary/aromatic N) is 1. The van der Waals surface area contributed by atoms with Crippen LogP contribution in [0.25, 0.3) is 11.3 Å². The van der Waals surface area contributed by atoms with Crippen molar-refractivity contribution in [1.29, 1.82) is 0 Å². The molecule has 27 heavy (non-hydrogen) atoms. The van der Waals surface area contributed by atoms with Gasteiger partial charge in [-0.15, -0.1) is 23.1 Å². The van der Waals surface area contributed by atoms with E-state index in [1.165, 1.54) is 16.2 Å². The Morgan fingerprint density at radius 3 is 2.52 bits per heavy atom. The van der Waals surface area contributed by atoms with Crippen molar-refractivity contribution in [1.82, 2.24) is 10.3 Å². The molecule has 2 N–H and O–H groups in total. The minimum atomic E-state index is -0.186. The second kappa shape index (κ2) is 9.34. The highest BCUT2D eigenvalue weighted by Gasteiger charge is 2.09. The minimum absolute atomic E-state index is 0.179. The largest absolute Gasteiger partial charge is 0.352 e. The molecule has 2 aromatic carbocycles. The van der Waals surface area contributed by atoms with E-state index < -0.39 is 0 Å². The molecule has 0 aliphatic rings. The fraction of sp³-hybridized carbons (Fsp3) is 0.150. The number of amides is 2. The summed E-state index contributed by atoms with van der Waals surface area (Å²) in [5.41, 5.74) is 2.43. The second-order valence-electron chi connectivity index (χ2n) is 5.69. The number of nitrogens with one attached hydrogen (secondary N) is 2. The maximum atomic E-state index is 12.1. The van der Waals surface area contributed by atoms with E-state index >= 15 is 0 Å². The zero-order chi connectivity index (χ0) is 19.1. The van der Waals surface area contributed by atoms with Crippen molar-refractivity contribution in [2.75, 3.05) is 18.1 Å². The molecule has 1 aromatic heterocycles. The SMILES string of the molecule is CSc1ccc(-c2csc(NC(=O)CCNC(=O)c3ccccc3)n2)cc1. The van der Waals surface area contributed by atoms with Gasteiger partial charge in [-0.2, -0.15) is 0 Å². The van der Waals surface area contributed by atoms with Gasteiger partial charge in [0.1, 0.15) is 0 Å². The van der Waals surface area contributed by atoms with Gasteiger partial charge in [0.15, 0.2) is 5.13 Å². The number of benzene rings is 2. The smallest absolute Gasteiger partial charge is 0.251 e. The van der Waals surface area contributed by atoms with Gasteiger partial charge in [-0.3, -0.25) is 9.59 Å². The predicted octanol–water partition coefficient (Wildman–Crippen LogP) is 4.29. The van der Waals surface area contributed by atoms with Crippen molar-refractivity contribution >= 4 is 40.0 Å². The summed E-state index contributed by atoms with van der Waals surface area (Å²) in [6.07, 6.45) is 2.23. The average Bonchev–Trinajstić information content (AvgIpc) is 3.17. The van der Waals surface area contributed by atoms with Crippen molar-refractivity contribution in [3.63, 3.8) is 0 Å². The Kier molecular flexibility index (Phi) is 6.62. The van der Waals surface area contributed by atoms with Gasteiger partial charge in [0.25, 0.3) is 5.91 Å². The number of thiazole rings is 1. The highest BCUT2D eigenvalue weighted by atomic mass is 32.2. The first-order chi connectivity index (χ1) is 13.2. The van der Waals surface area contributed by atoms with Crippen LogP contribution in [-0.2, 0) is 4.79 Å². The Bertz CT molecular complexity index is 908. The standard InChI is InChI=1S/C20H19N3O2S2/c1-26-16-9-7-14(8-10-16)17-13-27-20(22-17)23-18(24)11-12-21-19(25)15-5-3-2-4-6-15/h2-10,13H,11-12H2,1H3,(H,21,25)(H,22,23,24). The van der Waals surface area contributed by atoms with Gasteiger partial charge in [0.2, 0.25) is 5.91 Å². The topological polar surface area (TPSA) is 71.1 Å². The number of carbonyl (C=O) groups is 2. The van der Waals surface area contributed by atoms with Gasteiger partial charge in [0.05, 0.1) is 5.69 Å². The van der Waals surface area contributed by atoms with Gasteiger partial charge in [-0.05, 0) is 30.5 Å². The zero-order valence-electron chi connectivity index (χ0n) is 14.8. The van der Waals surface area contributed by atoms with E-state index in [4.69, 9.17) is 0 Å². The number of rotatable bonds is 7. The highest BCUT2D eigenvalue weighted by molar-refractivity contribution is 7.98. The van der Waals surface area contributed by atoms with Gasteiger partial charge >= 0.3 is 0 Å². The molecule has 0 fully saturated rings. The number of aromatic nitrogens is 1. The molecule has 0 saturated carbocycles. The fourth-order valence-electron chi connectivity index (χ4n) is 2.39. The third-order valence-electron chi connectivity index (χ3n) is 3.81. The van der Waals surface area contributed by atoms with Crippen molar-refractivity contribution in [3.05, 3.63) is 65.5 Å². The molecule has 2 amide bonds. The Morgan fingerprint density at radius 1 is 1.07 bits per heavy atom. The van der Waals surface area contributed by atoms with E-state index in [1.807, 2.05) is 42.0 Å². The van der Waals surface area contributed by atoms with E-state index in [-0.39, 0.29) is 24.8 Å². The van der Waals surface area contributed by atoms with Crippen LogP contribution in [0.2, 0.25) is 0 Å². The second-order valence-corrected chi connectivity index (χ2v) is 7.42. The lowest BCUT2D eigenvalue weighted by Crippen LogP contribution is -2.27. The molecule has 3 aromatic rings. The lowest BCUT2D eigenvalue weighted by atomic mass is 10.2. The van der Waals surface area contributed by atoms with Crippen LogP contribution in [0.1, 0.15) is 16.8 Å². The quantitative estimate of drug-likeness (QED) is 0.584. The third kappa shape index (κ3) is 5.42. The molecule has 0 spiro atoms. The fourth-order valence-corrected chi connectivity index (χ4v) is 3.53. The molecule has 1 heterocycles. The van der Waals surface area contributed by atoms with Crippen molar-refractivity contribution in [3.8, 4) is 11.3 Å². The molecular formula is C20H19N3O2S2. The number of anilines is 1. The number of hydrogen-bond acceptors (Lipinski definition) is 5. The van der Waals surface area contributed by atoms with Crippen LogP contribution < -0.4 is 10.6 Å². The summed E-state index contributed by atoms with van der Waals surface area (Å²) in [5.74, 6) is -0.365. The lowest BCUT2D eigenvalue weighted by molar-refractivity contribution is -0.116. The van der Waals surface area contributed by atoms with Crippen LogP contribution in [-0.4, -0.2) is 29.6 Å². The van der Waals surface area contributed by atoms with Gasteiger partial charge in [-0.1, -0.05) is 30.3 Å². The Morgan fingerprint density at radius 2 is 1.81 bits per heavy atom. The summed E-state index contributed by atoms with van der Waals surface area (Å²) in [6, 6.07) is 17.1. The number of carbonyl (C=O) groups excluding carboxylic acids is 2. The summed E-state index contributed by atoms with van der Waals surface area (Å²) in [7, 11) is 0. The zero-order valence-corrected chi connectivity index (χ0v) is 16.4.